The molecule has 1 aromatic carbocycles. The van der Waals surface area contributed by atoms with Crippen molar-refractivity contribution in [2.45, 2.75) is 46.0 Å². The molecule has 0 radical (unpaired) electrons. The average molecular weight is 338 g/mol. The Kier molecular flexibility index (Phi) is 6.26. The fraction of sp³-hybridized carbons (Fsp3) is 0.524. The predicted octanol–water partition coefficient (Wildman–Crippen LogP) is 4.76. The third-order valence-electron chi connectivity index (χ3n) is 4.72. The second-order valence-corrected chi connectivity index (χ2v) is 6.81. The molecule has 25 heavy (non-hydrogen) atoms. The first-order valence-corrected chi connectivity index (χ1v) is 9.76. The SMILES string of the molecule is CCCN(CCC)c1cc(-c2ccccc2)nc(N2CCCCC2)n1. The van der Waals surface area contributed by atoms with Gasteiger partial charge in [-0.3, -0.25) is 0 Å². The molecule has 0 aliphatic carbocycles. The van der Waals surface area contributed by atoms with Crippen LogP contribution in [0.15, 0.2) is 36.4 Å². The van der Waals surface area contributed by atoms with Gasteiger partial charge >= 0.3 is 0 Å². The lowest BCUT2D eigenvalue weighted by molar-refractivity contribution is 0.568. The molecule has 2 aromatic rings. The molecule has 1 aliphatic rings. The third kappa shape index (κ3) is 4.50. The highest BCUT2D eigenvalue weighted by atomic mass is 15.3. The first-order chi connectivity index (χ1) is 12.3. The number of hydrogen-bond acceptors (Lipinski definition) is 4. The quantitative estimate of drug-likeness (QED) is 0.728. The first-order valence-electron chi connectivity index (χ1n) is 9.76. The lowest BCUT2D eigenvalue weighted by Crippen LogP contribution is -2.32. The van der Waals surface area contributed by atoms with Crippen LogP contribution in [0.25, 0.3) is 11.3 Å². The molecule has 0 spiro atoms. The van der Waals surface area contributed by atoms with Gasteiger partial charge in [0.25, 0.3) is 0 Å². The molecule has 4 heteroatoms. The molecule has 0 unspecified atom stereocenters. The van der Waals surface area contributed by atoms with Crippen LogP contribution in [0.4, 0.5) is 11.8 Å². The second kappa shape index (κ2) is 8.84. The molecule has 0 atom stereocenters. The van der Waals surface area contributed by atoms with Gasteiger partial charge in [-0.05, 0) is 32.1 Å². The van der Waals surface area contributed by atoms with Crippen LogP contribution in [-0.4, -0.2) is 36.1 Å². The molecule has 3 rings (SSSR count). The highest BCUT2D eigenvalue weighted by molar-refractivity contribution is 5.65. The Labute approximate surface area is 151 Å². The van der Waals surface area contributed by atoms with E-state index in [1.807, 2.05) is 0 Å². The number of nitrogens with zero attached hydrogens (tertiary/aromatic N) is 4. The summed E-state index contributed by atoms with van der Waals surface area (Å²) in [6.07, 6.45) is 6.05. The predicted molar refractivity (Wildman–Crippen MR) is 106 cm³/mol. The summed E-state index contributed by atoms with van der Waals surface area (Å²) in [5.41, 5.74) is 2.20. The van der Waals surface area contributed by atoms with Crippen LogP contribution in [-0.2, 0) is 0 Å². The smallest absolute Gasteiger partial charge is 0.227 e. The van der Waals surface area contributed by atoms with Crippen molar-refractivity contribution >= 4 is 11.8 Å². The topological polar surface area (TPSA) is 32.3 Å². The molecule has 0 N–H and O–H groups in total. The van der Waals surface area contributed by atoms with Gasteiger partial charge in [-0.15, -0.1) is 0 Å². The van der Waals surface area contributed by atoms with E-state index in [1.54, 1.807) is 0 Å². The van der Waals surface area contributed by atoms with E-state index in [1.165, 1.54) is 19.3 Å². The minimum absolute atomic E-state index is 0.897. The van der Waals surface area contributed by atoms with Crippen LogP contribution < -0.4 is 9.80 Å². The number of benzene rings is 1. The van der Waals surface area contributed by atoms with Gasteiger partial charge in [0, 0.05) is 37.8 Å². The summed E-state index contributed by atoms with van der Waals surface area (Å²) >= 11 is 0. The van der Waals surface area contributed by atoms with E-state index in [0.717, 1.165) is 62.0 Å². The van der Waals surface area contributed by atoms with Crippen LogP contribution in [0.2, 0.25) is 0 Å². The zero-order chi connectivity index (χ0) is 17.5. The van der Waals surface area contributed by atoms with E-state index >= 15 is 0 Å². The summed E-state index contributed by atoms with van der Waals surface area (Å²) in [4.78, 5) is 14.6. The number of rotatable bonds is 7. The summed E-state index contributed by atoms with van der Waals surface area (Å²) < 4.78 is 0. The van der Waals surface area contributed by atoms with Gasteiger partial charge in [0.15, 0.2) is 0 Å². The summed E-state index contributed by atoms with van der Waals surface area (Å²) in [7, 11) is 0. The van der Waals surface area contributed by atoms with E-state index in [4.69, 9.17) is 9.97 Å². The zero-order valence-electron chi connectivity index (χ0n) is 15.6. The maximum atomic E-state index is 4.96. The van der Waals surface area contributed by atoms with Gasteiger partial charge in [0.2, 0.25) is 5.95 Å². The number of hydrogen-bond donors (Lipinski definition) is 0. The van der Waals surface area contributed by atoms with Crippen molar-refractivity contribution < 1.29 is 0 Å². The molecule has 134 valence electrons. The van der Waals surface area contributed by atoms with Crippen LogP contribution in [0.5, 0.6) is 0 Å². The van der Waals surface area contributed by atoms with E-state index in [2.05, 4.69) is 60.0 Å². The molecular weight excluding hydrogens is 308 g/mol. The Morgan fingerprint density at radius 3 is 2.24 bits per heavy atom. The van der Waals surface area contributed by atoms with E-state index in [9.17, 15) is 0 Å². The van der Waals surface area contributed by atoms with Gasteiger partial charge in [0.05, 0.1) is 5.69 Å². The summed E-state index contributed by atoms with van der Waals surface area (Å²) in [6.45, 7) is 8.68. The Bertz CT molecular complexity index is 644. The fourth-order valence-corrected chi connectivity index (χ4v) is 3.46. The second-order valence-electron chi connectivity index (χ2n) is 6.81. The third-order valence-corrected chi connectivity index (χ3v) is 4.72. The van der Waals surface area contributed by atoms with Crippen LogP contribution in [0.3, 0.4) is 0 Å². The van der Waals surface area contributed by atoms with Crippen LogP contribution in [0, 0.1) is 0 Å². The maximum Gasteiger partial charge on any atom is 0.227 e. The summed E-state index contributed by atoms with van der Waals surface area (Å²) in [6, 6.07) is 12.6. The zero-order valence-corrected chi connectivity index (χ0v) is 15.6. The van der Waals surface area contributed by atoms with Crippen molar-refractivity contribution in [1.29, 1.82) is 0 Å². The Balaban J connectivity index is 2.00. The van der Waals surface area contributed by atoms with Crippen molar-refractivity contribution in [2.24, 2.45) is 0 Å². The number of piperidine rings is 1. The minimum atomic E-state index is 0.897. The highest BCUT2D eigenvalue weighted by Gasteiger charge is 2.18. The van der Waals surface area contributed by atoms with Crippen molar-refractivity contribution in [3.05, 3.63) is 36.4 Å². The van der Waals surface area contributed by atoms with Gasteiger partial charge in [-0.1, -0.05) is 44.2 Å². The number of aromatic nitrogens is 2. The Hall–Kier alpha value is -2.10. The van der Waals surface area contributed by atoms with Crippen LogP contribution in [0.1, 0.15) is 46.0 Å². The molecule has 0 saturated carbocycles. The molecule has 1 saturated heterocycles. The number of anilines is 2. The summed E-state index contributed by atoms with van der Waals surface area (Å²) in [5.74, 6) is 1.96. The van der Waals surface area contributed by atoms with Crippen LogP contribution >= 0.6 is 0 Å². The van der Waals surface area contributed by atoms with Gasteiger partial charge in [-0.25, -0.2) is 4.98 Å². The normalized spacial score (nSPS) is 14.6. The molecule has 1 aliphatic heterocycles. The van der Waals surface area contributed by atoms with E-state index < -0.39 is 0 Å². The molecule has 0 bridgehead atoms. The van der Waals surface area contributed by atoms with E-state index in [0.29, 0.717) is 0 Å². The van der Waals surface area contributed by atoms with Crippen molar-refractivity contribution in [2.75, 3.05) is 36.0 Å². The average Bonchev–Trinajstić information content (AvgIpc) is 2.69. The highest BCUT2D eigenvalue weighted by Crippen LogP contribution is 2.26. The minimum Gasteiger partial charge on any atom is -0.356 e. The standard InChI is InChI=1S/C21H30N4/c1-3-13-24(14-4-2)20-17-19(18-11-7-5-8-12-18)22-21(23-20)25-15-9-6-10-16-25/h5,7-8,11-12,17H,3-4,6,9-10,13-16H2,1-2H3. The van der Waals surface area contributed by atoms with Gasteiger partial charge < -0.3 is 9.80 Å². The van der Waals surface area contributed by atoms with Crippen molar-refractivity contribution in [3.8, 4) is 11.3 Å². The Morgan fingerprint density at radius 2 is 1.60 bits per heavy atom. The van der Waals surface area contributed by atoms with Crippen molar-refractivity contribution in [3.63, 3.8) is 0 Å². The van der Waals surface area contributed by atoms with E-state index in [-0.39, 0.29) is 0 Å². The fourth-order valence-electron chi connectivity index (χ4n) is 3.46. The summed E-state index contributed by atoms with van der Waals surface area (Å²) in [5, 5.41) is 0. The van der Waals surface area contributed by atoms with Gasteiger partial charge in [-0.2, -0.15) is 4.98 Å². The molecule has 1 aromatic heterocycles. The maximum absolute atomic E-state index is 4.96. The molecule has 2 heterocycles. The molecular formula is C21H30N4. The molecule has 0 amide bonds. The molecule has 4 nitrogen and oxygen atoms in total. The largest absolute Gasteiger partial charge is 0.356 e. The van der Waals surface area contributed by atoms with Crippen molar-refractivity contribution in [1.82, 2.24) is 9.97 Å². The monoisotopic (exact) mass is 338 g/mol. The Morgan fingerprint density at radius 1 is 0.920 bits per heavy atom. The lowest BCUT2D eigenvalue weighted by Gasteiger charge is -2.29. The first kappa shape index (κ1) is 17.7. The lowest BCUT2D eigenvalue weighted by atomic mass is 10.1. The molecule has 1 fully saturated rings. The van der Waals surface area contributed by atoms with Gasteiger partial charge in [0.1, 0.15) is 5.82 Å².